The smallest absolute Gasteiger partial charge is 0.257 e. The second kappa shape index (κ2) is 9.44. The number of phenolic OH excluding ortho intramolecular Hbond substituents is 1. The van der Waals surface area contributed by atoms with E-state index in [0.717, 1.165) is 10.1 Å². The van der Waals surface area contributed by atoms with Crippen molar-refractivity contribution in [2.45, 2.75) is 0 Å². The summed E-state index contributed by atoms with van der Waals surface area (Å²) in [7, 11) is 6.16. The molecule has 2 aromatic carbocycles. The number of nitrogens with zero attached hydrogens (tertiary/aromatic N) is 3. The highest BCUT2D eigenvalue weighted by molar-refractivity contribution is 6.05. The lowest BCUT2D eigenvalue weighted by Gasteiger charge is -2.15. The predicted molar refractivity (Wildman–Crippen MR) is 123 cm³/mol. The molecule has 9 heteroatoms. The number of aliphatic imine (C=N–C) groups is 1. The number of hydrogen-bond acceptors (Lipinski definition) is 7. The standard InChI is InChI=1S/C23H26N4O5/c1-26(2)21(29)15-11-8-12-16(20(15)28)24-18-19(23(31)27(3)22(18)30)25-17(13-32-4)14-9-6-5-7-10-14/h5-12,24,28,30-31H,13H2,1-4H3. The average Bonchev–Trinajstić information content (AvgIpc) is 2.98. The Labute approximate surface area is 185 Å². The number of phenols is 1. The Morgan fingerprint density at radius 2 is 1.75 bits per heavy atom. The van der Waals surface area contributed by atoms with Crippen molar-refractivity contribution < 1.29 is 24.9 Å². The van der Waals surface area contributed by atoms with Crippen LogP contribution in [-0.4, -0.2) is 64.2 Å². The van der Waals surface area contributed by atoms with E-state index in [4.69, 9.17) is 4.74 Å². The van der Waals surface area contributed by atoms with Gasteiger partial charge in [-0.1, -0.05) is 36.4 Å². The summed E-state index contributed by atoms with van der Waals surface area (Å²) in [6, 6.07) is 13.9. The van der Waals surface area contributed by atoms with Gasteiger partial charge in [-0.2, -0.15) is 0 Å². The number of ether oxygens (including phenoxy) is 1. The van der Waals surface area contributed by atoms with Crippen molar-refractivity contribution in [3.8, 4) is 17.5 Å². The van der Waals surface area contributed by atoms with E-state index in [9.17, 15) is 20.1 Å². The second-order valence-electron chi connectivity index (χ2n) is 7.31. The minimum absolute atomic E-state index is 0.0599. The number of para-hydroxylation sites is 1. The van der Waals surface area contributed by atoms with Crippen LogP contribution in [0, 0.1) is 0 Å². The van der Waals surface area contributed by atoms with Crippen LogP contribution in [0.4, 0.5) is 17.1 Å². The maximum absolute atomic E-state index is 12.3. The average molecular weight is 438 g/mol. The second-order valence-corrected chi connectivity index (χ2v) is 7.31. The van der Waals surface area contributed by atoms with Gasteiger partial charge in [-0.05, 0) is 17.7 Å². The van der Waals surface area contributed by atoms with Gasteiger partial charge in [0.25, 0.3) is 5.91 Å². The van der Waals surface area contributed by atoms with E-state index in [0.29, 0.717) is 5.71 Å². The highest BCUT2D eigenvalue weighted by Crippen LogP contribution is 2.47. The van der Waals surface area contributed by atoms with Crippen molar-refractivity contribution in [3.05, 3.63) is 59.7 Å². The Kier molecular flexibility index (Phi) is 6.70. The van der Waals surface area contributed by atoms with E-state index in [1.165, 1.54) is 25.1 Å². The van der Waals surface area contributed by atoms with Gasteiger partial charge in [0.05, 0.1) is 23.6 Å². The van der Waals surface area contributed by atoms with Gasteiger partial charge in [-0.15, -0.1) is 0 Å². The van der Waals surface area contributed by atoms with Crippen LogP contribution in [-0.2, 0) is 11.8 Å². The Morgan fingerprint density at radius 1 is 1.06 bits per heavy atom. The maximum Gasteiger partial charge on any atom is 0.257 e. The number of carbonyl (C=O) groups is 1. The third-order valence-corrected chi connectivity index (χ3v) is 4.87. The first-order chi connectivity index (χ1) is 15.3. The largest absolute Gasteiger partial charge is 0.505 e. The first kappa shape index (κ1) is 22.7. The summed E-state index contributed by atoms with van der Waals surface area (Å²) in [5.41, 5.74) is 1.70. The quantitative estimate of drug-likeness (QED) is 0.332. The molecular weight excluding hydrogens is 412 g/mol. The molecule has 3 rings (SSSR count). The van der Waals surface area contributed by atoms with Crippen LogP contribution in [0.2, 0.25) is 0 Å². The number of anilines is 2. The maximum atomic E-state index is 12.3. The van der Waals surface area contributed by atoms with Crippen molar-refractivity contribution in [2.75, 3.05) is 33.1 Å². The van der Waals surface area contributed by atoms with Gasteiger partial charge in [-0.25, -0.2) is 4.99 Å². The van der Waals surface area contributed by atoms with Crippen LogP contribution >= 0.6 is 0 Å². The van der Waals surface area contributed by atoms with Crippen molar-refractivity contribution in [1.82, 2.24) is 9.47 Å². The first-order valence-corrected chi connectivity index (χ1v) is 9.79. The monoisotopic (exact) mass is 438 g/mol. The lowest BCUT2D eigenvalue weighted by atomic mass is 10.1. The van der Waals surface area contributed by atoms with Gasteiger partial charge < -0.3 is 30.3 Å². The predicted octanol–water partition coefficient (Wildman–Crippen LogP) is 3.35. The van der Waals surface area contributed by atoms with Gasteiger partial charge in [0.1, 0.15) is 5.69 Å². The van der Waals surface area contributed by atoms with Crippen LogP contribution in [0.25, 0.3) is 0 Å². The van der Waals surface area contributed by atoms with Gasteiger partial charge in [0.15, 0.2) is 11.4 Å². The number of amides is 1. The fraction of sp³-hybridized carbons (Fsp3) is 0.217. The summed E-state index contributed by atoms with van der Waals surface area (Å²) in [6.45, 7) is 0.163. The topological polar surface area (TPSA) is 120 Å². The molecule has 32 heavy (non-hydrogen) atoms. The summed E-state index contributed by atoms with van der Waals surface area (Å²) in [5, 5.41) is 34.8. The van der Waals surface area contributed by atoms with Crippen molar-refractivity contribution in [2.24, 2.45) is 12.0 Å². The zero-order valence-electron chi connectivity index (χ0n) is 18.3. The molecule has 0 saturated carbocycles. The molecule has 1 heterocycles. The van der Waals surface area contributed by atoms with E-state index < -0.39 is 0 Å². The molecule has 4 N–H and O–H groups in total. The molecule has 0 atom stereocenters. The van der Waals surface area contributed by atoms with E-state index in [2.05, 4.69) is 10.3 Å². The number of benzene rings is 2. The molecular formula is C23H26N4O5. The minimum Gasteiger partial charge on any atom is -0.505 e. The lowest BCUT2D eigenvalue weighted by Crippen LogP contribution is -2.21. The highest BCUT2D eigenvalue weighted by Gasteiger charge is 2.24. The highest BCUT2D eigenvalue weighted by atomic mass is 16.5. The zero-order valence-corrected chi connectivity index (χ0v) is 18.3. The molecule has 0 spiro atoms. The number of aromatic hydroxyl groups is 3. The van der Waals surface area contributed by atoms with Crippen LogP contribution in [0.1, 0.15) is 15.9 Å². The third-order valence-electron chi connectivity index (χ3n) is 4.87. The first-order valence-electron chi connectivity index (χ1n) is 9.79. The van der Waals surface area contributed by atoms with E-state index in [1.807, 2.05) is 30.3 Å². The minimum atomic E-state index is -0.379. The van der Waals surface area contributed by atoms with E-state index >= 15 is 0 Å². The van der Waals surface area contributed by atoms with E-state index in [-0.39, 0.29) is 52.6 Å². The number of nitrogens with one attached hydrogen (secondary N) is 1. The molecule has 0 fully saturated rings. The molecule has 0 radical (unpaired) electrons. The number of rotatable bonds is 7. The SMILES string of the molecule is COCC(=Nc1c(Nc2cccc(C(=O)N(C)C)c2O)c(O)n(C)c1O)c1ccccc1. The number of aromatic nitrogens is 1. The van der Waals surface area contributed by atoms with Gasteiger partial charge >= 0.3 is 0 Å². The van der Waals surface area contributed by atoms with Crippen molar-refractivity contribution >= 4 is 28.7 Å². The Morgan fingerprint density at radius 3 is 2.38 bits per heavy atom. The number of carbonyl (C=O) groups excluding carboxylic acids is 1. The van der Waals surface area contributed by atoms with Crippen LogP contribution in [0.15, 0.2) is 53.5 Å². The number of hydrogen-bond donors (Lipinski definition) is 4. The molecule has 0 unspecified atom stereocenters. The Bertz CT molecular complexity index is 1150. The molecule has 168 valence electrons. The summed E-state index contributed by atoms with van der Waals surface area (Å²) in [5.74, 6) is -1.25. The van der Waals surface area contributed by atoms with Crippen LogP contribution in [0.5, 0.6) is 17.5 Å². The van der Waals surface area contributed by atoms with Crippen LogP contribution < -0.4 is 5.32 Å². The summed E-state index contributed by atoms with van der Waals surface area (Å²) in [6.07, 6.45) is 0. The molecule has 9 nitrogen and oxygen atoms in total. The molecule has 1 aromatic heterocycles. The van der Waals surface area contributed by atoms with Crippen molar-refractivity contribution in [1.29, 1.82) is 0 Å². The summed E-state index contributed by atoms with van der Waals surface area (Å²) >= 11 is 0. The van der Waals surface area contributed by atoms with Gasteiger partial charge in [0, 0.05) is 28.3 Å². The Hall–Kier alpha value is -3.98. The molecule has 0 aliphatic rings. The summed E-state index contributed by atoms with van der Waals surface area (Å²) < 4.78 is 6.42. The van der Waals surface area contributed by atoms with Crippen molar-refractivity contribution in [3.63, 3.8) is 0 Å². The molecule has 3 aromatic rings. The molecule has 1 amide bonds. The summed E-state index contributed by atoms with van der Waals surface area (Å²) in [4.78, 5) is 18.2. The zero-order chi connectivity index (χ0) is 23.4. The fourth-order valence-corrected chi connectivity index (χ4v) is 3.14. The normalized spacial score (nSPS) is 11.4. The van der Waals surface area contributed by atoms with Gasteiger partial charge in [-0.3, -0.25) is 9.36 Å². The third kappa shape index (κ3) is 4.37. The molecule has 0 aliphatic heterocycles. The lowest BCUT2D eigenvalue weighted by molar-refractivity contribution is 0.0824. The molecule has 0 aliphatic carbocycles. The van der Waals surface area contributed by atoms with Crippen LogP contribution in [0.3, 0.4) is 0 Å². The Balaban J connectivity index is 2.11. The fourth-order valence-electron chi connectivity index (χ4n) is 3.14. The molecule has 0 bridgehead atoms. The van der Waals surface area contributed by atoms with Gasteiger partial charge in [0.2, 0.25) is 11.8 Å². The number of methoxy groups -OCH3 is 1. The van der Waals surface area contributed by atoms with E-state index in [1.54, 1.807) is 26.2 Å². The molecule has 0 saturated heterocycles.